The lowest BCUT2D eigenvalue weighted by molar-refractivity contribution is -0.390. The third kappa shape index (κ3) is 1.97. The molecule has 0 saturated heterocycles. The Morgan fingerprint density at radius 2 is 1.12 bits per heavy atom. The van der Waals surface area contributed by atoms with Gasteiger partial charge in [-0.1, -0.05) is 0 Å². The van der Waals surface area contributed by atoms with Crippen molar-refractivity contribution < 1.29 is 49.0 Å². The topological polar surface area (TPSA) is 18.5 Å². The van der Waals surface area contributed by atoms with Crippen LogP contribution < -0.4 is 0 Å². The lowest BCUT2D eigenvalue weighted by atomic mass is 10.1. The molecule has 100 valence electrons. The maximum Gasteiger partial charge on any atom is 0.460 e. The molecular formula is C6HF9O2. The first-order chi connectivity index (χ1) is 7.41. The molecule has 17 heavy (non-hydrogen) atoms. The van der Waals surface area contributed by atoms with Crippen molar-refractivity contribution in [2.75, 3.05) is 0 Å². The van der Waals surface area contributed by atoms with Gasteiger partial charge in [-0.25, -0.2) is 0 Å². The van der Waals surface area contributed by atoms with Crippen LogP contribution >= 0.6 is 0 Å². The molecule has 0 atom stereocenters. The Bertz CT molecular complexity index is 330. The summed E-state index contributed by atoms with van der Waals surface area (Å²) in [6.07, 6.45) is -10.4. The molecule has 0 bridgehead atoms. The number of alkyl halides is 7. The van der Waals surface area contributed by atoms with Crippen LogP contribution in [0.5, 0.6) is 0 Å². The van der Waals surface area contributed by atoms with Crippen LogP contribution in [-0.2, 0) is 9.47 Å². The van der Waals surface area contributed by atoms with Crippen molar-refractivity contribution in [3.8, 4) is 0 Å². The highest BCUT2D eigenvalue weighted by molar-refractivity contribution is 5.00. The average molecular weight is 276 g/mol. The van der Waals surface area contributed by atoms with Crippen molar-refractivity contribution in [1.82, 2.24) is 0 Å². The predicted octanol–water partition coefficient (Wildman–Crippen LogP) is 3.26. The van der Waals surface area contributed by atoms with Gasteiger partial charge in [-0.2, -0.15) is 39.5 Å². The van der Waals surface area contributed by atoms with E-state index in [2.05, 4.69) is 9.47 Å². The van der Waals surface area contributed by atoms with Gasteiger partial charge in [-0.15, -0.1) is 0 Å². The largest absolute Gasteiger partial charge is 0.460 e. The number of hydrogen-bond acceptors (Lipinski definition) is 2. The standard InChI is InChI=1S/C6HF9O2/c7-1-2(8)17-3(16-1)4(9,10)5(11,12)6(13,14)15/h3H. The monoisotopic (exact) mass is 276 g/mol. The summed E-state index contributed by atoms with van der Waals surface area (Å²) in [5.74, 6) is -12.6. The first-order valence-corrected chi connectivity index (χ1v) is 3.62. The van der Waals surface area contributed by atoms with E-state index in [-0.39, 0.29) is 0 Å². The van der Waals surface area contributed by atoms with Crippen LogP contribution in [0.25, 0.3) is 0 Å². The zero-order valence-corrected chi connectivity index (χ0v) is 7.30. The van der Waals surface area contributed by atoms with Crippen molar-refractivity contribution >= 4 is 0 Å². The van der Waals surface area contributed by atoms with Crippen molar-refractivity contribution in [1.29, 1.82) is 0 Å². The van der Waals surface area contributed by atoms with E-state index in [1.54, 1.807) is 0 Å². The second-order valence-electron chi connectivity index (χ2n) is 2.81. The minimum atomic E-state index is -6.64. The minimum Gasteiger partial charge on any atom is -0.419 e. The van der Waals surface area contributed by atoms with E-state index in [1.165, 1.54) is 0 Å². The molecule has 1 rings (SSSR count). The molecule has 0 spiro atoms. The Morgan fingerprint density at radius 1 is 0.765 bits per heavy atom. The maximum absolute atomic E-state index is 12.7. The van der Waals surface area contributed by atoms with E-state index in [0.29, 0.717) is 0 Å². The molecular weight excluding hydrogens is 275 g/mol. The average Bonchev–Trinajstić information content (AvgIpc) is 2.45. The molecule has 0 N–H and O–H groups in total. The van der Waals surface area contributed by atoms with Crippen molar-refractivity contribution in [3.05, 3.63) is 12.0 Å². The molecule has 1 heterocycles. The zero-order chi connectivity index (χ0) is 13.6. The molecule has 0 fully saturated rings. The number of halogens is 9. The smallest absolute Gasteiger partial charge is 0.419 e. The highest BCUT2D eigenvalue weighted by atomic mass is 19.4. The summed E-state index contributed by atoms with van der Waals surface area (Å²) in [6, 6.07) is -4.87. The van der Waals surface area contributed by atoms with Crippen molar-refractivity contribution in [3.63, 3.8) is 0 Å². The molecule has 0 saturated carbocycles. The lowest BCUT2D eigenvalue weighted by Crippen LogP contribution is -2.58. The Morgan fingerprint density at radius 3 is 1.41 bits per heavy atom. The fraction of sp³-hybridized carbons (Fsp3) is 0.667. The Hall–Kier alpha value is -1.29. The third-order valence-electron chi connectivity index (χ3n) is 1.65. The number of hydrogen-bond donors (Lipinski definition) is 0. The van der Waals surface area contributed by atoms with Gasteiger partial charge in [-0.3, -0.25) is 0 Å². The molecule has 1 aliphatic heterocycles. The van der Waals surface area contributed by atoms with Gasteiger partial charge >= 0.3 is 36.3 Å². The molecule has 0 aromatic carbocycles. The summed E-state index contributed by atoms with van der Waals surface area (Å²) in [6.45, 7) is 0. The van der Waals surface area contributed by atoms with Crippen molar-refractivity contribution in [2.45, 2.75) is 24.3 Å². The van der Waals surface area contributed by atoms with Crippen molar-refractivity contribution in [2.24, 2.45) is 0 Å². The maximum atomic E-state index is 12.7. The molecule has 0 aliphatic carbocycles. The quantitative estimate of drug-likeness (QED) is 0.721. The molecule has 11 heteroatoms. The Balaban J connectivity index is 2.98. The molecule has 0 aromatic heterocycles. The van der Waals surface area contributed by atoms with E-state index in [4.69, 9.17) is 0 Å². The molecule has 0 aromatic rings. The molecule has 0 radical (unpaired) electrons. The van der Waals surface area contributed by atoms with Gasteiger partial charge in [0.25, 0.3) is 0 Å². The fourth-order valence-electron chi connectivity index (χ4n) is 0.790. The summed E-state index contributed by atoms with van der Waals surface area (Å²) in [5, 5.41) is 0. The van der Waals surface area contributed by atoms with Gasteiger partial charge in [0.2, 0.25) is 0 Å². The summed E-state index contributed by atoms with van der Waals surface area (Å²) >= 11 is 0. The van der Waals surface area contributed by atoms with Crippen LogP contribution in [0.1, 0.15) is 0 Å². The van der Waals surface area contributed by atoms with E-state index in [1.807, 2.05) is 0 Å². The van der Waals surface area contributed by atoms with E-state index >= 15 is 0 Å². The Kier molecular flexibility index (Phi) is 2.92. The SMILES string of the molecule is FC1=C(F)OC(C(F)(F)C(F)(F)C(F)(F)F)O1. The second kappa shape index (κ2) is 3.60. The lowest BCUT2D eigenvalue weighted by Gasteiger charge is -2.30. The highest BCUT2D eigenvalue weighted by Gasteiger charge is 2.78. The van der Waals surface area contributed by atoms with E-state index in [0.717, 1.165) is 0 Å². The van der Waals surface area contributed by atoms with Crippen LogP contribution in [0, 0.1) is 0 Å². The summed E-state index contributed by atoms with van der Waals surface area (Å²) in [4.78, 5) is 0. The first-order valence-electron chi connectivity index (χ1n) is 3.62. The van der Waals surface area contributed by atoms with Gasteiger partial charge < -0.3 is 9.47 Å². The number of rotatable bonds is 2. The van der Waals surface area contributed by atoms with Crippen LogP contribution in [-0.4, -0.2) is 24.3 Å². The zero-order valence-electron chi connectivity index (χ0n) is 7.30. The molecule has 2 nitrogen and oxygen atoms in total. The molecule has 1 aliphatic rings. The normalized spacial score (nSPS) is 19.4. The van der Waals surface area contributed by atoms with Gasteiger partial charge in [0.05, 0.1) is 0 Å². The first kappa shape index (κ1) is 13.8. The van der Waals surface area contributed by atoms with E-state index in [9.17, 15) is 39.5 Å². The predicted molar refractivity (Wildman–Crippen MR) is 31.1 cm³/mol. The van der Waals surface area contributed by atoms with Crippen LogP contribution in [0.15, 0.2) is 12.0 Å². The summed E-state index contributed by atoms with van der Waals surface area (Å²) in [7, 11) is 0. The minimum absolute atomic E-state index is 2.44. The van der Waals surface area contributed by atoms with Crippen LogP contribution in [0.3, 0.4) is 0 Å². The van der Waals surface area contributed by atoms with Gasteiger partial charge in [0.15, 0.2) is 0 Å². The molecule has 0 amide bonds. The van der Waals surface area contributed by atoms with Crippen LogP contribution in [0.2, 0.25) is 0 Å². The fourth-order valence-corrected chi connectivity index (χ4v) is 0.790. The van der Waals surface area contributed by atoms with E-state index < -0.39 is 36.3 Å². The molecule has 0 unspecified atom stereocenters. The number of ether oxygens (including phenoxy) is 2. The van der Waals surface area contributed by atoms with Gasteiger partial charge in [0, 0.05) is 0 Å². The van der Waals surface area contributed by atoms with Gasteiger partial charge in [-0.05, 0) is 0 Å². The Labute approximate surface area is 86.6 Å². The second-order valence-corrected chi connectivity index (χ2v) is 2.81. The third-order valence-corrected chi connectivity index (χ3v) is 1.65. The summed E-state index contributed by atoms with van der Waals surface area (Å²) < 4.78 is 115. The summed E-state index contributed by atoms with van der Waals surface area (Å²) in [5.41, 5.74) is 0. The van der Waals surface area contributed by atoms with Gasteiger partial charge in [0.1, 0.15) is 0 Å². The highest BCUT2D eigenvalue weighted by Crippen LogP contribution is 2.50. The van der Waals surface area contributed by atoms with Crippen LogP contribution in [0.4, 0.5) is 39.5 Å².